The molecule has 5 heteroatoms. The van der Waals surface area contributed by atoms with Crippen LogP contribution in [0.1, 0.15) is 35.3 Å². The third-order valence-electron chi connectivity index (χ3n) is 3.08. The molecule has 1 aromatic carbocycles. The molecular weight excluding hydrogens is 292 g/mol. The summed E-state index contributed by atoms with van der Waals surface area (Å²) in [6.07, 6.45) is 1.74. The fourth-order valence-corrected chi connectivity index (χ4v) is 2.31. The normalized spacial score (nSPS) is 12.7. The van der Waals surface area contributed by atoms with Crippen LogP contribution in [-0.4, -0.2) is 15.0 Å². The molecule has 2 aromatic rings. The van der Waals surface area contributed by atoms with Crippen LogP contribution in [0.15, 0.2) is 22.8 Å². The van der Waals surface area contributed by atoms with Crippen molar-refractivity contribution in [2.75, 3.05) is 0 Å². The van der Waals surface area contributed by atoms with Gasteiger partial charge < -0.3 is 5.73 Å². The molecule has 0 spiro atoms. The predicted molar refractivity (Wildman–Crippen MR) is 75.3 cm³/mol. The highest BCUT2D eigenvalue weighted by Gasteiger charge is 2.15. The van der Waals surface area contributed by atoms with E-state index in [0.29, 0.717) is 0 Å². The monoisotopic (exact) mass is 308 g/mol. The fraction of sp³-hybridized carbons (Fsp3) is 0.385. The maximum atomic E-state index is 6.31. The summed E-state index contributed by atoms with van der Waals surface area (Å²) in [5.41, 5.74) is 10.7. The van der Waals surface area contributed by atoms with Gasteiger partial charge in [-0.2, -0.15) is 0 Å². The molecule has 0 saturated heterocycles. The Balaban J connectivity index is 2.43. The van der Waals surface area contributed by atoms with E-state index in [2.05, 4.69) is 52.2 Å². The first-order valence-corrected chi connectivity index (χ1v) is 6.74. The second kappa shape index (κ2) is 5.20. The Morgan fingerprint density at radius 1 is 1.33 bits per heavy atom. The van der Waals surface area contributed by atoms with Crippen LogP contribution in [0.3, 0.4) is 0 Å². The number of hydrogen-bond donors (Lipinski definition) is 1. The maximum absolute atomic E-state index is 6.31. The molecule has 96 valence electrons. The van der Waals surface area contributed by atoms with Gasteiger partial charge in [0.25, 0.3) is 0 Å². The van der Waals surface area contributed by atoms with E-state index < -0.39 is 0 Å². The Kier molecular flexibility index (Phi) is 3.82. The largest absolute Gasteiger partial charge is 0.319 e. The molecule has 0 fully saturated rings. The number of halogens is 1. The molecule has 0 bridgehead atoms. The molecule has 18 heavy (non-hydrogen) atoms. The van der Waals surface area contributed by atoms with Crippen LogP contribution in [0.25, 0.3) is 0 Å². The number of hydrogen-bond acceptors (Lipinski definition) is 3. The first-order chi connectivity index (χ1) is 8.54. The number of benzene rings is 1. The first-order valence-electron chi connectivity index (χ1n) is 5.95. The number of nitrogens with zero attached hydrogens (tertiary/aromatic N) is 3. The van der Waals surface area contributed by atoms with Crippen LogP contribution in [0.4, 0.5) is 0 Å². The second-order valence-electron chi connectivity index (χ2n) is 4.42. The molecule has 1 heterocycles. The van der Waals surface area contributed by atoms with E-state index in [1.807, 2.05) is 11.6 Å². The fourth-order valence-electron chi connectivity index (χ4n) is 2.08. The van der Waals surface area contributed by atoms with Crippen molar-refractivity contribution < 1.29 is 0 Å². The molecule has 1 unspecified atom stereocenters. The van der Waals surface area contributed by atoms with E-state index in [9.17, 15) is 0 Å². The Morgan fingerprint density at radius 3 is 2.50 bits per heavy atom. The summed E-state index contributed by atoms with van der Waals surface area (Å²) in [6.45, 7) is 6.95. The summed E-state index contributed by atoms with van der Waals surface area (Å²) in [5.74, 6) is 0. The van der Waals surface area contributed by atoms with Crippen molar-refractivity contribution >= 4 is 15.9 Å². The average Bonchev–Trinajstić information content (AvgIpc) is 2.82. The Morgan fingerprint density at radius 2 is 1.94 bits per heavy atom. The van der Waals surface area contributed by atoms with Gasteiger partial charge in [0.2, 0.25) is 0 Å². The summed E-state index contributed by atoms with van der Waals surface area (Å²) in [7, 11) is 0. The molecule has 0 saturated carbocycles. The molecule has 2 rings (SSSR count). The first kappa shape index (κ1) is 13.2. The summed E-state index contributed by atoms with van der Waals surface area (Å²) in [4.78, 5) is 0. The van der Waals surface area contributed by atoms with E-state index in [0.717, 1.165) is 22.3 Å². The van der Waals surface area contributed by atoms with Gasteiger partial charge in [0.1, 0.15) is 0 Å². The lowest BCUT2D eigenvalue weighted by Crippen LogP contribution is -2.17. The minimum absolute atomic E-state index is 0.189. The lowest BCUT2D eigenvalue weighted by molar-refractivity contribution is 0.581. The van der Waals surface area contributed by atoms with Gasteiger partial charge in [-0.3, -0.25) is 0 Å². The molecule has 0 amide bonds. The highest BCUT2D eigenvalue weighted by Crippen LogP contribution is 2.27. The van der Waals surface area contributed by atoms with E-state index in [1.165, 1.54) is 11.1 Å². The van der Waals surface area contributed by atoms with E-state index in [4.69, 9.17) is 5.73 Å². The molecule has 2 N–H and O–H groups in total. The van der Waals surface area contributed by atoms with E-state index in [-0.39, 0.29) is 6.04 Å². The van der Waals surface area contributed by atoms with Crippen LogP contribution in [0.5, 0.6) is 0 Å². The van der Waals surface area contributed by atoms with Gasteiger partial charge in [0.15, 0.2) is 0 Å². The zero-order valence-electron chi connectivity index (χ0n) is 10.8. The average molecular weight is 309 g/mol. The third kappa shape index (κ3) is 2.33. The molecule has 0 radical (unpaired) electrons. The zero-order chi connectivity index (χ0) is 13.3. The van der Waals surface area contributed by atoms with Gasteiger partial charge in [0, 0.05) is 11.0 Å². The van der Waals surface area contributed by atoms with Crippen molar-refractivity contribution in [2.45, 2.75) is 33.4 Å². The SMILES string of the molecule is CCn1nncc1C(N)c1cc(C)c(Br)c(C)c1. The Bertz CT molecular complexity index is 539. The van der Waals surface area contributed by atoms with E-state index in [1.54, 1.807) is 6.20 Å². The Hall–Kier alpha value is -1.20. The van der Waals surface area contributed by atoms with Crippen LogP contribution < -0.4 is 5.73 Å². The maximum Gasteiger partial charge on any atom is 0.0799 e. The van der Waals surface area contributed by atoms with E-state index >= 15 is 0 Å². The molecule has 0 aliphatic rings. The van der Waals surface area contributed by atoms with Crippen molar-refractivity contribution in [1.82, 2.24) is 15.0 Å². The molecule has 1 atom stereocenters. The number of rotatable bonds is 3. The van der Waals surface area contributed by atoms with Gasteiger partial charge >= 0.3 is 0 Å². The van der Waals surface area contributed by atoms with Crippen LogP contribution in [-0.2, 0) is 6.54 Å². The van der Waals surface area contributed by atoms with Crippen molar-refractivity contribution in [1.29, 1.82) is 0 Å². The summed E-state index contributed by atoms with van der Waals surface area (Å²) >= 11 is 3.57. The quantitative estimate of drug-likeness (QED) is 0.948. The summed E-state index contributed by atoms with van der Waals surface area (Å²) < 4.78 is 2.97. The molecule has 4 nitrogen and oxygen atoms in total. The molecular formula is C13H17BrN4. The predicted octanol–water partition coefficient (Wildman–Crippen LogP) is 2.73. The number of aryl methyl sites for hydroxylation is 3. The second-order valence-corrected chi connectivity index (χ2v) is 5.21. The van der Waals surface area contributed by atoms with Gasteiger partial charge in [0.05, 0.1) is 17.9 Å². The highest BCUT2D eigenvalue weighted by atomic mass is 79.9. The third-order valence-corrected chi connectivity index (χ3v) is 4.33. The lowest BCUT2D eigenvalue weighted by Gasteiger charge is -2.15. The standard InChI is InChI=1S/C13H17BrN4/c1-4-18-11(7-16-17-18)13(15)10-5-8(2)12(14)9(3)6-10/h5-7,13H,4,15H2,1-3H3. The van der Waals surface area contributed by atoms with Crippen LogP contribution >= 0.6 is 15.9 Å². The smallest absolute Gasteiger partial charge is 0.0799 e. The molecule has 0 aliphatic heterocycles. The lowest BCUT2D eigenvalue weighted by atomic mass is 10.00. The zero-order valence-corrected chi connectivity index (χ0v) is 12.4. The van der Waals surface area contributed by atoms with Crippen LogP contribution in [0.2, 0.25) is 0 Å². The van der Waals surface area contributed by atoms with Crippen molar-refractivity contribution in [3.05, 3.63) is 45.2 Å². The molecule has 0 aliphatic carbocycles. The Labute approximate surface area is 115 Å². The number of nitrogens with two attached hydrogens (primary N) is 1. The van der Waals surface area contributed by atoms with Gasteiger partial charge in [-0.25, -0.2) is 4.68 Å². The minimum Gasteiger partial charge on any atom is -0.319 e. The van der Waals surface area contributed by atoms with Gasteiger partial charge in [-0.1, -0.05) is 33.3 Å². The van der Waals surface area contributed by atoms with Gasteiger partial charge in [-0.15, -0.1) is 5.10 Å². The number of aromatic nitrogens is 3. The molecule has 1 aromatic heterocycles. The van der Waals surface area contributed by atoms with Crippen molar-refractivity contribution in [3.63, 3.8) is 0 Å². The minimum atomic E-state index is -0.189. The summed E-state index contributed by atoms with van der Waals surface area (Å²) in [6, 6.07) is 4.02. The van der Waals surface area contributed by atoms with Crippen molar-refractivity contribution in [3.8, 4) is 0 Å². The summed E-state index contributed by atoms with van der Waals surface area (Å²) in [5, 5.41) is 7.95. The highest BCUT2D eigenvalue weighted by molar-refractivity contribution is 9.10. The van der Waals surface area contributed by atoms with Gasteiger partial charge in [-0.05, 0) is 37.5 Å². The topological polar surface area (TPSA) is 56.7 Å². The van der Waals surface area contributed by atoms with Crippen molar-refractivity contribution in [2.24, 2.45) is 5.73 Å². The van der Waals surface area contributed by atoms with Crippen LogP contribution in [0, 0.1) is 13.8 Å².